The van der Waals surface area contributed by atoms with E-state index in [0.717, 1.165) is 6.04 Å². The molecule has 0 aliphatic rings. The topological polar surface area (TPSA) is 12.0 Å². The minimum Gasteiger partial charge on any atom is -0.314 e. The van der Waals surface area contributed by atoms with Crippen molar-refractivity contribution < 1.29 is 0 Å². The van der Waals surface area contributed by atoms with Gasteiger partial charge in [0.25, 0.3) is 0 Å². The lowest BCUT2D eigenvalue weighted by Crippen LogP contribution is -2.29. The van der Waals surface area contributed by atoms with E-state index in [1.807, 2.05) is 0 Å². The number of hydrogen-bond acceptors (Lipinski definition) is 1. The van der Waals surface area contributed by atoms with E-state index in [2.05, 4.69) is 26.1 Å². The van der Waals surface area contributed by atoms with Crippen molar-refractivity contribution in [2.75, 3.05) is 6.54 Å². The first-order valence-corrected chi connectivity index (χ1v) is 7.58. The number of hydrogen-bond donors (Lipinski definition) is 1. The van der Waals surface area contributed by atoms with Crippen molar-refractivity contribution >= 4 is 0 Å². The van der Waals surface area contributed by atoms with Gasteiger partial charge in [-0.3, -0.25) is 0 Å². The summed E-state index contributed by atoms with van der Waals surface area (Å²) in [5, 5.41) is 3.70. The van der Waals surface area contributed by atoms with Crippen molar-refractivity contribution in [1.82, 2.24) is 5.32 Å². The molecule has 1 heteroatoms. The van der Waals surface area contributed by atoms with Crippen molar-refractivity contribution in [2.45, 2.75) is 91.0 Å². The zero-order valence-electron chi connectivity index (χ0n) is 11.9. The smallest absolute Gasteiger partial charge is 0.00670 e. The van der Waals surface area contributed by atoms with E-state index in [9.17, 15) is 0 Å². The summed E-state index contributed by atoms with van der Waals surface area (Å²) in [6.07, 6.45) is 13.8. The first kappa shape index (κ1) is 16.0. The molecule has 0 bridgehead atoms. The quantitative estimate of drug-likeness (QED) is 0.467. The first-order chi connectivity index (χ1) is 7.85. The highest BCUT2D eigenvalue weighted by Gasteiger charge is 2.06. The lowest BCUT2D eigenvalue weighted by Gasteiger charge is -2.18. The predicted molar refractivity (Wildman–Crippen MR) is 75.0 cm³/mol. The summed E-state index contributed by atoms with van der Waals surface area (Å²) in [5.41, 5.74) is 0. The molecule has 0 radical (unpaired) electrons. The fourth-order valence-corrected chi connectivity index (χ4v) is 2.14. The van der Waals surface area contributed by atoms with E-state index in [0.29, 0.717) is 0 Å². The summed E-state index contributed by atoms with van der Waals surface area (Å²) in [6, 6.07) is 0.793. The lowest BCUT2D eigenvalue weighted by atomic mass is 10.0. The number of rotatable bonds is 12. The minimum atomic E-state index is 0.793. The van der Waals surface area contributed by atoms with Gasteiger partial charge in [-0.2, -0.15) is 0 Å². The highest BCUT2D eigenvalue weighted by atomic mass is 14.9. The van der Waals surface area contributed by atoms with Crippen molar-refractivity contribution in [3.63, 3.8) is 0 Å². The molecular weight excluding hydrogens is 194 g/mol. The Morgan fingerprint density at radius 1 is 0.688 bits per heavy atom. The van der Waals surface area contributed by atoms with Crippen LogP contribution in [0.15, 0.2) is 0 Å². The third kappa shape index (κ3) is 10.5. The summed E-state index contributed by atoms with van der Waals surface area (Å²) in [6.45, 7) is 8.03. The molecule has 1 atom stereocenters. The third-order valence-corrected chi connectivity index (χ3v) is 3.25. The molecule has 1 unspecified atom stereocenters. The molecule has 0 saturated heterocycles. The second kappa shape index (κ2) is 13.0. The molecule has 0 fully saturated rings. The second-order valence-corrected chi connectivity index (χ2v) is 5.00. The van der Waals surface area contributed by atoms with Crippen LogP contribution in [0.4, 0.5) is 0 Å². The Morgan fingerprint density at radius 2 is 1.31 bits per heavy atom. The Hall–Kier alpha value is -0.0400. The molecule has 0 rings (SSSR count). The Bertz CT molecular complexity index is 115. The molecule has 0 amide bonds. The molecule has 98 valence electrons. The van der Waals surface area contributed by atoms with Crippen LogP contribution >= 0.6 is 0 Å². The highest BCUT2D eigenvalue weighted by Crippen LogP contribution is 2.11. The van der Waals surface area contributed by atoms with Crippen molar-refractivity contribution in [3.05, 3.63) is 0 Å². The van der Waals surface area contributed by atoms with Gasteiger partial charge in [0.2, 0.25) is 0 Å². The van der Waals surface area contributed by atoms with Gasteiger partial charge in [0.1, 0.15) is 0 Å². The largest absolute Gasteiger partial charge is 0.314 e. The Kier molecular flexibility index (Phi) is 13.0. The summed E-state index contributed by atoms with van der Waals surface area (Å²) < 4.78 is 0. The van der Waals surface area contributed by atoms with E-state index < -0.39 is 0 Å². The molecule has 0 aliphatic carbocycles. The van der Waals surface area contributed by atoms with E-state index >= 15 is 0 Å². The van der Waals surface area contributed by atoms with E-state index in [1.165, 1.54) is 70.8 Å². The van der Waals surface area contributed by atoms with Crippen LogP contribution in [0.3, 0.4) is 0 Å². The molecule has 0 spiro atoms. The van der Waals surface area contributed by atoms with Crippen LogP contribution in [0.1, 0.15) is 85.0 Å². The van der Waals surface area contributed by atoms with Crippen LogP contribution < -0.4 is 5.32 Å². The fraction of sp³-hybridized carbons (Fsp3) is 1.00. The van der Waals surface area contributed by atoms with Crippen LogP contribution in [0, 0.1) is 0 Å². The maximum Gasteiger partial charge on any atom is 0.00670 e. The Labute approximate surface area is 103 Å². The predicted octanol–water partition coefficient (Wildman–Crippen LogP) is 4.91. The Morgan fingerprint density at radius 3 is 1.94 bits per heavy atom. The number of unbranched alkanes of at least 4 members (excludes halogenated alkanes) is 5. The zero-order valence-corrected chi connectivity index (χ0v) is 11.9. The maximum atomic E-state index is 3.70. The SMILES string of the molecule is CCCCCCCC(CCCC)NCCC. The van der Waals surface area contributed by atoms with E-state index in [-0.39, 0.29) is 0 Å². The third-order valence-electron chi connectivity index (χ3n) is 3.25. The molecule has 16 heavy (non-hydrogen) atoms. The van der Waals surface area contributed by atoms with Crippen molar-refractivity contribution in [3.8, 4) is 0 Å². The van der Waals surface area contributed by atoms with Crippen LogP contribution in [0.5, 0.6) is 0 Å². The van der Waals surface area contributed by atoms with Gasteiger partial charge in [-0.05, 0) is 25.8 Å². The van der Waals surface area contributed by atoms with Gasteiger partial charge in [0.15, 0.2) is 0 Å². The summed E-state index contributed by atoms with van der Waals surface area (Å²) in [5.74, 6) is 0. The van der Waals surface area contributed by atoms with Crippen LogP contribution in [0.25, 0.3) is 0 Å². The molecule has 0 aromatic rings. The molecule has 0 aromatic heterocycles. The average Bonchev–Trinajstić information content (AvgIpc) is 2.31. The van der Waals surface area contributed by atoms with Crippen LogP contribution in [-0.4, -0.2) is 12.6 Å². The van der Waals surface area contributed by atoms with Gasteiger partial charge in [-0.25, -0.2) is 0 Å². The van der Waals surface area contributed by atoms with Gasteiger partial charge in [-0.15, -0.1) is 0 Å². The lowest BCUT2D eigenvalue weighted by molar-refractivity contribution is 0.420. The molecule has 0 heterocycles. The molecular formula is C15H33N. The van der Waals surface area contributed by atoms with E-state index in [1.54, 1.807) is 0 Å². The van der Waals surface area contributed by atoms with Crippen LogP contribution in [-0.2, 0) is 0 Å². The molecule has 0 saturated carbocycles. The molecule has 1 nitrogen and oxygen atoms in total. The normalized spacial score (nSPS) is 12.9. The highest BCUT2D eigenvalue weighted by molar-refractivity contribution is 4.66. The van der Waals surface area contributed by atoms with Crippen molar-refractivity contribution in [2.24, 2.45) is 0 Å². The van der Waals surface area contributed by atoms with Gasteiger partial charge >= 0.3 is 0 Å². The van der Waals surface area contributed by atoms with Gasteiger partial charge in [0.05, 0.1) is 0 Å². The summed E-state index contributed by atoms with van der Waals surface area (Å²) in [4.78, 5) is 0. The molecule has 1 N–H and O–H groups in total. The average molecular weight is 227 g/mol. The standard InChI is InChI=1S/C15H33N/c1-4-7-9-10-11-13-15(12-8-5-2)16-14-6-3/h15-16H,4-14H2,1-3H3. The maximum absolute atomic E-state index is 3.70. The van der Waals surface area contributed by atoms with Gasteiger partial charge < -0.3 is 5.32 Å². The second-order valence-electron chi connectivity index (χ2n) is 5.00. The zero-order chi connectivity index (χ0) is 12.1. The number of nitrogens with one attached hydrogen (secondary N) is 1. The summed E-state index contributed by atoms with van der Waals surface area (Å²) >= 11 is 0. The fourth-order valence-electron chi connectivity index (χ4n) is 2.14. The van der Waals surface area contributed by atoms with Crippen molar-refractivity contribution in [1.29, 1.82) is 0 Å². The van der Waals surface area contributed by atoms with Gasteiger partial charge in [0, 0.05) is 6.04 Å². The van der Waals surface area contributed by atoms with Gasteiger partial charge in [-0.1, -0.05) is 65.7 Å². The Balaban J connectivity index is 3.48. The first-order valence-electron chi connectivity index (χ1n) is 7.58. The molecule has 0 aliphatic heterocycles. The van der Waals surface area contributed by atoms with E-state index in [4.69, 9.17) is 0 Å². The van der Waals surface area contributed by atoms with Crippen LogP contribution in [0.2, 0.25) is 0 Å². The molecule has 0 aromatic carbocycles. The summed E-state index contributed by atoms with van der Waals surface area (Å²) in [7, 11) is 0. The monoisotopic (exact) mass is 227 g/mol. The minimum absolute atomic E-state index is 0.793.